The molecule has 0 spiro atoms. The predicted molar refractivity (Wildman–Crippen MR) is 130 cm³/mol. The van der Waals surface area contributed by atoms with E-state index in [1.165, 1.54) is 38.2 Å². The van der Waals surface area contributed by atoms with E-state index in [1.54, 1.807) is 0 Å². The van der Waals surface area contributed by atoms with Crippen molar-refractivity contribution in [2.45, 2.75) is 34.1 Å². The number of allylic oxidation sites excluding steroid dienone is 4. The van der Waals surface area contributed by atoms with E-state index in [0.717, 1.165) is 6.42 Å². The summed E-state index contributed by atoms with van der Waals surface area (Å²) in [5.41, 5.74) is 5.82. The van der Waals surface area contributed by atoms with E-state index in [0.29, 0.717) is 0 Å². The van der Waals surface area contributed by atoms with Crippen molar-refractivity contribution in [3.8, 4) is 0 Å². The summed E-state index contributed by atoms with van der Waals surface area (Å²) in [6, 6.07) is 29.0. The summed E-state index contributed by atoms with van der Waals surface area (Å²) >= 11 is 0. The zero-order valence-corrected chi connectivity index (χ0v) is 18.7. The van der Waals surface area contributed by atoms with E-state index in [9.17, 15) is 0 Å². The Morgan fingerprint density at radius 2 is 1.34 bits per heavy atom. The zero-order chi connectivity index (χ0) is 20.4. The van der Waals surface area contributed by atoms with E-state index < -0.39 is 7.92 Å². The van der Waals surface area contributed by atoms with Crippen LogP contribution in [0.2, 0.25) is 0 Å². The van der Waals surface area contributed by atoms with Crippen molar-refractivity contribution in [2.24, 2.45) is 5.41 Å². The van der Waals surface area contributed by atoms with Gasteiger partial charge >= 0.3 is 0 Å². The van der Waals surface area contributed by atoms with E-state index >= 15 is 0 Å². The molecule has 0 saturated heterocycles. The van der Waals surface area contributed by atoms with Gasteiger partial charge in [-0.25, -0.2) is 0 Å². The third kappa shape index (κ3) is 4.29. The molecule has 0 N–H and O–H groups in total. The van der Waals surface area contributed by atoms with Gasteiger partial charge in [-0.2, -0.15) is 0 Å². The lowest BCUT2D eigenvalue weighted by atomic mass is 9.87. The molecular weight excluding hydrogens is 367 g/mol. The maximum Gasteiger partial charge on any atom is -0.00731 e. The predicted octanol–water partition coefficient (Wildman–Crippen LogP) is 6.51. The lowest BCUT2D eigenvalue weighted by Gasteiger charge is -2.23. The van der Waals surface area contributed by atoms with Gasteiger partial charge in [-0.1, -0.05) is 117 Å². The van der Waals surface area contributed by atoms with Crippen molar-refractivity contribution in [3.05, 3.63) is 108 Å². The highest BCUT2D eigenvalue weighted by Crippen LogP contribution is 2.40. The second kappa shape index (κ2) is 8.13. The van der Waals surface area contributed by atoms with Gasteiger partial charge in [0.25, 0.3) is 0 Å². The average Bonchev–Trinajstić information content (AvgIpc) is 3.21. The topological polar surface area (TPSA) is 0 Å². The fraction of sp³-hybridized carbons (Fsp3) is 0.214. The molecule has 0 amide bonds. The Balaban J connectivity index is 1.88. The zero-order valence-electron chi connectivity index (χ0n) is 17.8. The number of hydrogen-bond donors (Lipinski definition) is 0. The SMILES string of the molecule is Cc1ccc(C2=CC(C(C)(C)C)=CC2)c(P(c2ccccc2)c2ccccc2)c1. The number of rotatable bonds is 4. The summed E-state index contributed by atoms with van der Waals surface area (Å²) in [6.07, 6.45) is 5.86. The first-order valence-corrected chi connectivity index (χ1v) is 11.7. The molecule has 0 aliphatic heterocycles. The molecule has 1 aliphatic carbocycles. The van der Waals surface area contributed by atoms with E-state index in [4.69, 9.17) is 0 Å². The van der Waals surface area contributed by atoms with Crippen LogP contribution in [0.25, 0.3) is 5.57 Å². The molecule has 0 radical (unpaired) electrons. The number of aryl methyl sites for hydroxylation is 1. The fourth-order valence-electron chi connectivity index (χ4n) is 3.92. The monoisotopic (exact) mass is 396 g/mol. The van der Waals surface area contributed by atoms with E-state index in [2.05, 4.69) is 119 Å². The van der Waals surface area contributed by atoms with Crippen LogP contribution < -0.4 is 15.9 Å². The van der Waals surface area contributed by atoms with Gasteiger partial charge in [0.2, 0.25) is 0 Å². The minimum atomic E-state index is -0.605. The average molecular weight is 397 g/mol. The van der Waals surface area contributed by atoms with Gasteiger partial charge in [0.05, 0.1) is 0 Å². The third-order valence-corrected chi connectivity index (χ3v) is 7.99. The fourth-order valence-corrected chi connectivity index (χ4v) is 6.50. The first-order valence-electron chi connectivity index (χ1n) is 10.4. The Morgan fingerprint density at radius 1 is 0.759 bits per heavy atom. The minimum Gasteiger partial charge on any atom is -0.0763 e. The van der Waals surface area contributed by atoms with Gasteiger partial charge in [-0.15, -0.1) is 0 Å². The van der Waals surface area contributed by atoms with Crippen LogP contribution in [-0.4, -0.2) is 0 Å². The van der Waals surface area contributed by atoms with Gasteiger partial charge in [0, 0.05) is 0 Å². The highest BCUT2D eigenvalue weighted by Gasteiger charge is 2.24. The van der Waals surface area contributed by atoms with E-state index in [1.807, 2.05) is 0 Å². The molecule has 3 aromatic rings. The Bertz CT molecular complexity index is 1010. The van der Waals surface area contributed by atoms with Crippen molar-refractivity contribution in [3.63, 3.8) is 0 Å². The quantitative estimate of drug-likeness (QED) is 0.441. The van der Waals surface area contributed by atoms with Crippen LogP contribution in [0, 0.1) is 12.3 Å². The molecule has 0 fully saturated rings. The van der Waals surface area contributed by atoms with Crippen molar-refractivity contribution in [1.82, 2.24) is 0 Å². The molecule has 0 atom stereocenters. The maximum absolute atomic E-state index is 2.43. The Hall–Kier alpha value is -2.43. The summed E-state index contributed by atoms with van der Waals surface area (Å²) < 4.78 is 0. The Labute approximate surface area is 176 Å². The molecule has 1 aliphatic rings. The molecule has 0 heterocycles. The van der Waals surface area contributed by atoms with Crippen LogP contribution in [-0.2, 0) is 0 Å². The molecule has 0 bridgehead atoms. The summed E-state index contributed by atoms with van der Waals surface area (Å²) in [6.45, 7) is 9.11. The van der Waals surface area contributed by atoms with Crippen molar-refractivity contribution in [1.29, 1.82) is 0 Å². The highest BCUT2D eigenvalue weighted by molar-refractivity contribution is 7.80. The summed E-state index contributed by atoms with van der Waals surface area (Å²) in [5, 5.41) is 4.28. The second-order valence-electron chi connectivity index (χ2n) is 8.81. The first kappa shape index (κ1) is 19.9. The lowest BCUT2D eigenvalue weighted by Crippen LogP contribution is -2.23. The highest BCUT2D eigenvalue weighted by atomic mass is 31.1. The van der Waals surface area contributed by atoms with Crippen molar-refractivity contribution < 1.29 is 0 Å². The summed E-state index contributed by atoms with van der Waals surface area (Å²) in [4.78, 5) is 0. The van der Waals surface area contributed by atoms with Gasteiger partial charge in [-0.3, -0.25) is 0 Å². The second-order valence-corrected chi connectivity index (χ2v) is 11.0. The van der Waals surface area contributed by atoms with Crippen LogP contribution >= 0.6 is 7.92 Å². The largest absolute Gasteiger partial charge is 0.0763 e. The van der Waals surface area contributed by atoms with Crippen LogP contribution in [0.4, 0.5) is 0 Å². The molecule has 0 unspecified atom stereocenters. The standard InChI is InChI=1S/C28H29P/c1-21-15-18-26(22-16-17-23(20-22)28(2,3)4)27(19-21)29(24-11-7-5-8-12-24)25-13-9-6-10-14-25/h5-15,17-20H,16H2,1-4H3. The molecule has 146 valence electrons. The van der Waals surface area contributed by atoms with Crippen molar-refractivity contribution in [2.75, 3.05) is 0 Å². The molecule has 0 nitrogen and oxygen atoms in total. The van der Waals surface area contributed by atoms with Crippen LogP contribution in [0.1, 0.15) is 38.3 Å². The van der Waals surface area contributed by atoms with Gasteiger partial charge < -0.3 is 0 Å². The molecule has 0 aromatic heterocycles. The summed E-state index contributed by atoms with van der Waals surface area (Å²) in [7, 11) is -0.605. The summed E-state index contributed by atoms with van der Waals surface area (Å²) in [5.74, 6) is 0. The third-order valence-electron chi connectivity index (χ3n) is 5.51. The van der Waals surface area contributed by atoms with Gasteiger partial charge in [-0.05, 0) is 59.3 Å². The molecule has 4 rings (SSSR count). The first-order chi connectivity index (χ1) is 13.9. The molecule has 1 heteroatoms. The molecule has 29 heavy (non-hydrogen) atoms. The van der Waals surface area contributed by atoms with Crippen molar-refractivity contribution >= 4 is 29.4 Å². The maximum atomic E-state index is 2.43. The van der Waals surface area contributed by atoms with Crippen LogP contribution in [0.15, 0.2) is 96.6 Å². The molecule has 3 aromatic carbocycles. The number of hydrogen-bond acceptors (Lipinski definition) is 0. The van der Waals surface area contributed by atoms with E-state index in [-0.39, 0.29) is 5.41 Å². The van der Waals surface area contributed by atoms with Gasteiger partial charge in [0.15, 0.2) is 0 Å². The Kier molecular flexibility index (Phi) is 5.57. The minimum absolute atomic E-state index is 0.191. The lowest BCUT2D eigenvalue weighted by molar-refractivity contribution is 0.518. The normalized spacial score (nSPS) is 14.1. The van der Waals surface area contributed by atoms with Gasteiger partial charge in [0.1, 0.15) is 0 Å². The van der Waals surface area contributed by atoms with Crippen LogP contribution in [0.3, 0.4) is 0 Å². The Morgan fingerprint density at radius 3 is 1.86 bits per heavy atom. The molecule has 0 saturated carbocycles. The number of benzene rings is 3. The smallest absolute Gasteiger partial charge is 0.00731 e. The van der Waals surface area contributed by atoms with Crippen LogP contribution in [0.5, 0.6) is 0 Å². The molecular formula is C28H29P.